The fraction of sp³-hybridized carbons (Fsp3) is 0.286. The van der Waals surface area contributed by atoms with Crippen molar-refractivity contribution < 1.29 is 0 Å². The lowest BCUT2D eigenvalue weighted by Crippen LogP contribution is -1.93. The van der Waals surface area contributed by atoms with Gasteiger partial charge in [-0.15, -0.1) is 0 Å². The van der Waals surface area contributed by atoms with E-state index in [1.807, 2.05) is 0 Å². The molecule has 1 nitrogen and oxygen atoms in total. The Kier molecular flexibility index (Phi) is 2.39. The van der Waals surface area contributed by atoms with Crippen molar-refractivity contribution >= 4 is 0 Å². The third kappa shape index (κ3) is 1.48. The number of aromatic nitrogens is 1. The zero-order chi connectivity index (χ0) is 11.0. The predicted molar refractivity (Wildman–Crippen MR) is 65.1 cm³/mol. The molecule has 2 aromatic rings. The SMILES string of the molecule is Cc1c(-c2ccccc2)c(C)n(C)c1C. The average molecular weight is 199 g/mol. The van der Waals surface area contributed by atoms with Gasteiger partial charge in [0, 0.05) is 24.0 Å². The van der Waals surface area contributed by atoms with Crippen molar-refractivity contribution in [2.75, 3.05) is 0 Å². The molecule has 2 rings (SSSR count). The molecule has 15 heavy (non-hydrogen) atoms. The van der Waals surface area contributed by atoms with Gasteiger partial charge in [0.25, 0.3) is 0 Å². The summed E-state index contributed by atoms with van der Waals surface area (Å²) in [6, 6.07) is 10.6. The fourth-order valence-electron chi connectivity index (χ4n) is 2.15. The molecule has 0 atom stereocenters. The fourth-order valence-corrected chi connectivity index (χ4v) is 2.15. The van der Waals surface area contributed by atoms with E-state index in [0.717, 1.165) is 0 Å². The number of rotatable bonds is 1. The summed E-state index contributed by atoms with van der Waals surface area (Å²) in [5.41, 5.74) is 6.79. The summed E-state index contributed by atoms with van der Waals surface area (Å²) in [6.07, 6.45) is 0. The minimum Gasteiger partial charge on any atom is -0.351 e. The monoisotopic (exact) mass is 199 g/mol. The molecule has 78 valence electrons. The molecule has 0 aliphatic heterocycles. The van der Waals surface area contributed by atoms with Gasteiger partial charge in [0.15, 0.2) is 0 Å². The van der Waals surface area contributed by atoms with Crippen molar-refractivity contribution in [2.24, 2.45) is 7.05 Å². The normalized spacial score (nSPS) is 10.7. The highest BCUT2D eigenvalue weighted by Crippen LogP contribution is 2.30. The first kappa shape index (κ1) is 10.0. The van der Waals surface area contributed by atoms with Crippen LogP contribution in [0.15, 0.2) is 30.3 Å². The summed E-state index contributed by atoms with van der Waals surface area (Å²) in [5.74, 6) is 0. The smallest absolute Gasteiger partial charge is 0.0224 e. The van der Waals surface area contributed by atoms with Gasteiger partial charge >= 0.3 is 0 Å². The van der Waals surface area contributed by atoms with Crippen LogP contribution in [0.4, 0.5) is 0 Å². The van der Waals surface area contributed by atoms with Gasteiger partial charge in [-0.05, 0) is 31.9 Å². The molecular weight excluding hydrogens is 182 g/mol. The van der Waals surface area contributed by atoms with Gasteiger partial charge in [0.1, 0.15) is 0 Å². The van der Waals surface area contributed by atoms with Crippen molar-refractivity contribution in [1.82, 2.24) is 4.57 Å². The van der Waals surface area contributed by atoms with Gasteiger partial charge in [-0.25, -0.2) is 0 Å². The Bertz CT molecular complexity index is 452. The molecule has 0 fully saturated rings. The Hall–Kier alpha value is -1.50. The highest BCUT2D eigenvalue weighted by atomic mass is 15.0. The summed E-state index contributed by atoms with van der Waals surface area (Å²) in [5, 5.41) is 0. The van der Waals surface area contributed by atoms with Crippen molar-refractivity contribution in [3.8, 4) is 11.1 Å². The second-order valence-corrected chi connectivity index (χ2v) is 4.10. The van der Waals surface area contributed by atoms with E-state index in [1.165, 1.54) is 28.1 Å². The van der Waals surface area contributed by atoms with Crippen molar-refractivity contribution in [3.63, 3.8) is 0 Å². The van der Waals surface area contributed by atoms with Crippen molar-refractivity contribution in [1.29, 1.82) is 0 Å². The Morgan fingerprint density at radius 2 is 1.47 bits per heavy atom. The summed E-state index contributed by atoms with van der Waals surface area (Å²) < 4.78 is 2.26. The van der Waals surface area contributed by atoms with Crippen LogP contribution in [0.3, 0.4) is 0 Å². The number of nitrogens with zero attached hydrogens (tertiary/aromatic N) is 1. The van der Waals surface area contributed by atoms with Crippen molar-refractivity contribution in [2.45, 2.75) is 20.8 Å². The molecule has 0 saturated heterocycles. The van der Waals surface area contributed by atoms with E-state index in [4.69, 9.17) is 0 Å². The summed E-state index contributed by atoms with van der Waals surface area (Å²) in [7, 11) is 2.13. The largest absolute Gasteiger partial charge is 0.351 e. The third-order valence-electron chi connectivity index (χ3n) is 3.35. The molecule has 0 unspecified atom stereocenters. The molecule has 1 heteroatoms. The van der Waals surface area contributed by atoms with E-state index >= 15 is 0 Å². The number of hydrogen-bond acceptors (Lipinski definition) is 0. The average Bonchev–Trinajstić information content (AvgIpc) is 2.45. The van der Waals surface area contributed by atoms with Gasteiger partial charge in [0.05, 0.1) is 0 Å². The third-order valence-corrected chi connectivity index (χ3v) is 3.35. The van der Waals surface area contributed by atoms with Gasteiger partial charge < -0.3 is 4.57 Å². The second kappa shape index (κ2) is 3.58. The lowest BCUT2D eigenvalue weighted by Gasteiger charge is -2.03. The first-order valence-electron chi connectivity index (χ1n) is 5.31. The first-order valence-corrected chi connectivity index (χ1v) is 5.31. The molecule has 0 saturated carbocycles. The van der Waals surface area contributed by atoms with E-state index in [1.54, 1.807) is 0 Å². The van der Waals surface area contributed by atoms with Crippen LogP contribution in [0.25, 0.3) is 11.1 Å². The van der Waals surface area contributed by atoms with Gasteiger partial charge in [-0.1, -0.05) is 30.3 Å². The Morgan fingerprint density at radius 1 is 0.867 bits per heavy atom. The molecule has 0 radical (unpaired) electrons. The minimum absolute atomic E-state index is 1.32. The summed E-state index contributed by atoms with van der Waals surface area (Å²) in [6.45, 7) is 6.56. The molecule has 0 N–H and O–H groups in total. The Balaban J connectivity index is 2.69. The standard InChI is InChI=1S/C14H17N/c1-10-11(2)15(4)12(3)14(10)13-8-6-5-7-9-13/h5-9H,1-4H3. The lowest BCUT2D eigenvalue weighted by atomic mass is 10.0. The lowest BCUT2D eigenvalue weighted by molar-refractivity contribution is 0.841. The highest BCUT2D eigenvalue weighted by molar-refractivity contribution is 5.71. The maximum Gasteiger partial charge on any atom is 0.0224 e. The topological polar surface area (TPSA) is 4.93 Å². The molecule has 0 spiro atoms. The Labute approximate surface area is 91.4 Å². The maximum absolute atomic E-state index is 2.26. The van der Waals surface area contributed by atoms with E-state index in [2.05, 4.69) is 62.7 Å². The van der Waals surface area contributed by atoms with Crippen LogP contribution in [0.1, 0.15) is 17.0 Å². The van der Waals surface area contributed by atoms with Gasteiger partial charge in [0.2, 0.25) is 0 Å². The summed E-state index contributed by atoms with van der Waals surface area (Å²) >= 11 is 0. The molecule has 0 aliphatic carbocycles. The van der Waals surface area contributed by atoms with Crippen LogP contribution in [0.2, 0.25) is 0 Å². The molecule has 0 amide bonds. The van der Waals surface area contributed by atoms with Gasteiger partial charge in [-0.2, -0.15) is 0 Å². The molecule has 1 aromatic heterocycles. The predicted octanol–water partition coefficient (Wildman–Crippen LogP) is 3.62. The molecule has 0 bridgehead atoms. The van der Waals surface area contributed by atoms with Crippen LogP contribution in [-0.2, 0) is 7.05 Å². The quantitative estimate of drug-likeness (QED) is 0.661. The molecule has 1 heterocycles. The second-order valence-electron chi connectivity index (χ2n) is 4.10. The molecular formula is C14H17N. The van der Waals surface area contributed by atoms with E-state index in [-0.39, 0.29) is 0 Å². The zero-order valence-corrected chi connectivity index (χ0v) is 9.83. The zero-order valence-electron chi connectivity index (χ0n) is 9.83. The van der Waals surface area contributed by atoms with Gasteiger partial charge in [-0.3, -0.25) is 0 Å². The van der Waals surface area contributed by atoms with Crippen LogP contribution < -0.4 is 0 Å². The highest BCUT2D eigenvalue weighted by Gasteiger charge is 2.12. The van der Waals surface area contributed by atoms with Crippen LogP contribution in [0, 0.1) is 20.8 Å². The van der Waals surface area contributed by atoms with Crippen molar-refractivity contribution in [3.05, 3.63) is 47.3 Å². The number of hydrogen-bond donors (Lipinski definition) is 0. The maximum atomic E-state index is 2.26. The van der Waals surface area contributed by atoms with Crippen LogP contribution in [0.5, 0.6) is 0 Å². The van der Waals surface area contributed by atoms with Crippen LogP contribution in [-0.4, -0.2) is 4.57 Å². The van der Waals surface area contributed by atoms with E-state index in [0.29, 0.717) is 0 Å². The van der Waals surface area contributed by atoms with E-state index in [9.17, 15) is 0 Å². The van der Waals surface area contributed by atoms with E-state index < -0.39 is 0 Å². The minimum atomic E-state index is 1.32. The number of benzene rings is 1. The first-order chi connectivity index (χ1) is 7.13. The van der Waals surface area contributed by atoms with Crippen LogP contribution >= 0.6 is 0 Å². The Morgan fingerprint density at radius 3 is 1.93 bits per heavy atom. The molecule has 1 aromatic carbocycles. The molecule has 0 aliphatic rings. The summed E-state index contributed by atoms with van der Waals surface area (Å²) in [4.78, 5) is 0.